The van der Waals surface area contributed by atoms with E-state index in [-0.39, 0.29) is 11.9 Å². The summed E-state index contributed by atoms with van der Waals surface area (Å²) in [5, 5.41) is 9.68. The molecule has 1 aromatic rings. The number of aryl methyl sites for hydroxylation is 1. The van der Waals surface area contributed by atoms with Gasteiger partial charge in [0.05, 0.1) is 13.0 Å². The van der Waals surface area contributed by atoms with E-state index in [0.29, 0.717) is 12.2 Å². The quantitative estimate of drug-likeness (QED) is 0.711. The predicted molar refractivity (Wildman–Crippen MR) is 55.6 cm³/mol. The Morgan fingerprint density at radius 2 is 2.33 bits per heavy atom. The summed E-state index contributed by atoms with van der Waals surface area (Å²) in [5.74, 6) is 0.0146. The number of hydrogen-bond acceptors (Lipinski definition) is 3. The van der Waals surface area contributed by atoms with Crippen molar-refractivity contribution in [3.63, 3.8) is 0 Å². The van der Waals surface area contributed by atoms with Gasteiger partial charge in [-0.2, -0.15) is 0 Å². The second kappa shape index (κ2) is 3.93. The SMILES string of the molecule is COC(=O)C1CCc2cccc(O)c2C1. The minimum atomic E-state index is -0.177. The second-order valence-corrected chi connectivity index (χ2v) is 3.88. The van der Waals surface area contributed by atoms with E-state index in [1.165, 1.54) is 7.11 Å². The van der Waals surface area contributed by atoms with Gasteiger partial charge in [-0.1, -0.05) is 12.1 Å². The lowest BCUT2D eigenvalue weighted by molar-refractivity contribution is -0.145. The first kappa shape index (κ1) is 10.0. The lowest BCUT2D eigenvalue weighted by Gasteiger charge is -2.23. The van der Waals surface area contributed by atoms with Crippen LogP contribution in [0.4, 0.5) is 0 Å². The third-order valence-electron chi connectivity index (χ3n) is 3.00. The molecule has 0 saturated carbocycles. The summed E-state index contributed by atoms with van der Waals surface area (Å²) in [7, 11) is 1.41. The molecule has 1 aliphatic rings. The maximum atomic E-state index is 11.4. The lowest BCUT2D eigenvalue weighted by Crippen LogP contribution is -2.23. The number of hydrogen-bond donors (Lipinski definition) is 1. The summed E-state index contributed by atoms with van der Waals surface area (Å²) in [5.41, 5.74) is 2.05. The van der Waals surface area contributed by atoms with E-state index in [1.54, 1.807) is 6.07 Å². The van der Waals surface area contributed by atoms with Gasteiger partial charge in [-0.3, -0.25) is 4.79 Å². The van der Waals surface area contributed by atoms with Gasteiger partial charge in [0.25, 0.3) is 0 Å². The summed E-state index contributed by atoms with van der Waals surface area (Å²) in [4.78, 5) is 11.4. The number of rotatable bonds is 1. The van der Waals surface area contributed by atoms with Crippen molar-refractivity contribution >= 4 is 5.97 Å². The van der Waals surface area contributed by atoms with E-state index in [1.807, 2.05) is 12.1 Å². The lowest BCUT2D eigenvalue weighted by atomic mass is 9.83. The van der Waals surface area contributed by atoms with Gasteiger partial charge in [-0.05, 0) is 36.5 Å². The minimum absolute atomic E-state index is 0.101. The second-order valence-electron chi connectivity index (χ2n) is 3.88. The first-order chi connectivity index (χ1) is 7.22. The van der Waals surface area contributed by atoms with Gasteiger partial charge in [0.2, 0.25) is 0 Å². The number of aromatic hydroxyl groups is 1. The smallest absolute Gasteiger partial charge is 0.309 e. The highest BCUT2D eigenvalue weighted by molar-refractivity contribution is 5.73. The molecule has 0 bridgehead atoms. The fourth-order valence-corrected chi connectivity index (χ4v) is 2.14. The molecule has 15 heavy (non-hydrogen) atoms. The molecule has 2 rings (SSSR count). The molecule has 0 radical (unpaired) electrons. The largest absolute Gasteiger partial charge is 0.508 e. The molecule has 1 atom stereocenters. The summed E-state index contributed by atoms with van der Waals surface area (Å²) < 4.78 is 4.72. The Morgan fingerprint density at radius 1 is 1.53 bits per heavy atom. The zero-order valence-electron chi connectivity index (χ0n) is 8.69. The van der Waals surface area contributed by atoms with E-state index in [4.69, 9.17) is 4.74 Å². The third kappa shape index (κ3) is 1.82. The van der Waals surface area contributed by atoms with E-state index in [9.17, 15) is 9.90 Å². The van der Waals surface area contributed by atoms with Gasteiger partial charge < -0.3 is 9.84 Å². The standard InChI is InChI=1S/C12H14O3/c1-15-12(14)9-6-5-8-3-2-4-11(13)10(8)7-9/h2-4,9,13H,5-7H2,1H3. The molecule has 0 amide bonds. The van der Waals surface area contributed by atoms with Crippen LogP contribution in [-0.2, 0) is 22.4 Å². The minimum Gasteiger partial charge on any atom is -0.508 e. The third-order valence-corrected chi connectivity index (χ3v) is 3.00. The van der Waals surface area contributed by atoms with Crippen LogP contribution in [-0.4, -0.2) is 18.2 Å². The molecular formula is C12H14O3. The summed E-state index contributed by atoms with van der Waals surface area (Å²) in [6, 6.07) is 5.51. The van der Waals surface area contributed by atoms with Crippen molar-refractivity contribution in [3.8, 4) is 5.75 Å². The Labute approximate surface area is 88.7 Å². The van der Waals surface area contributed by atoms with E-state index < -0.39 is 0 Å². The number of carbonyl (C=O) groups excluding carboxylic acids is 1. The molecule has 0 fully saturated rings. The van der Waals surface area contributed by atoms with Crippen LogP contribution in [0.2, 0.25) is 0 Å². The fourth-order valence-electron chi connectivity index (χ4n) is 2.14. The molecule has 80 valence electrons. The highest BCUT2D eigenvalue weighted by Gasteiger charge is 2.26. The van der Waals surface area contributed by atoms with Crippen molar-refractivity contribution in [3.05, 3.63) is 29.3 Å². The molecule has 3 heteroatoms. The number of benzene rings is 1. The molecule has 0 aromatic heterocycles. The van der Waals surface area contributed by atoms with Gasteiger partial charge in [0.15, 0.2) is 0 Å². The van der Waals surface area contributed by atoms with Crippen LogP contribution in [0.5, 0.6) is 5.75 Å². The van der Waals surface area contributed by atoms with Crippen LogP contribution in [0.1, 0.15) is 17.5 Å². The monoisotopic (exact) mass is 206 g/mol. The molecule has 1 unspecified atom stereocenters. The van der Waals surface area contributed by atoms with Crippen molar-refractivity contribution < 1.29 is 14.6 Å². The molecule has 3 nitrogen and oxygen atoms in total. The zero-order chi connectivity index (χ0) is 10.8. The Bertz CT molecular complexity index is 384. The number of carbonyl (C=O) groups is 1. The normalized spacial score (nSPS) is 19.4. The average Bonchev–Trinajstić information content (AvgIpc) is 2.28. The van der Waals surface area contributed by atoms with Gasteiger partial charge in [0.1, 0.15) is 5.75 Å². The predicted octanol–water partition coefficient (Wildman–Crippen LogP) is 1.67. The molecular weight excluding hydrogens is 192 g/mol. The first-order valence-electron chi connectivity index (χ1n) is 5.10. The molecule has 0 aliphatic heterocycles. The maximum Gasteiger partial charge on any atom is 0.309 e. The highest BCUT2D eigenvalue weighted by Crippen LogP contribution is 2.31. The van der Waals surface area contributed by atoms with E-state index >= 15 is 0 Å². The van der Waals surface area contributed by atoms with Crippen molar-refractivity contribution in [1.29, 1.82) is 0 Å². The molecule has 0 saturated heterocycles. The van der Waals surface area contributed by atoms with Crippen molar-refractivity contribution in [2.24, 2.45) is 5.92 Å². The van der Waals surface area contributed by atoms with Crippen molar-refractivity contribution in [1.82, 2.24) is 0 Å². The summed E-state index contributed by atoms with van der Waals surface area (Å²) in [6.07, 6.45) is 2.24. The van der Waals surface area contributed by atoms with Gasteiger partial charge in [-0.25, -0.2) is 0 Å². The highest BCUT2D eigenvalue weighted by atomic mass is 16.5. The average molecular weight is 206 g/mol. The number of phenolic OH excluding ortho intramolecular Hbond substituents is 1. The number of methoxy groups -OCH3 is 1. The number of phenols is 1. The number of ether oxygens (including phenoxy) is 1. The van der Waals surface area contributed by atoms with Crippen molar-refractivity contribution in [2.45, 2.75) is 19.3 Å². The topological polar surface area (TPSA) is 46.5 Å². The van der Waals surface area contributed by atoms with Crippen LogP contribution >= 0.6 is 0 Å². The first-order valence-corrected chi connectivity index (χ1v) is 5.10. The zero-order valence-corrected chi connectivity index (χ0v) is 8.69. The maximum absolute atomic E-state index is 11.4. The number of fused-ring (bicyclic) bond motifs is 1. The van der Waals surface area contributed by atoms with Crippen LogP contribution in [0, 0.1) is 5.92 Å². The van der Waals surface area contributed by atoms with Crippen LogP contribution in [0.15, 0.2) is 18.2 Å². The number of esters is 1. The van der Waals surface area contributed by atoms with Gasteiger partial charge in [-0.15, -0.1) is 0 Å². The van der Waals surface area contributed by atoms with Gasteiger partial charge >= 0.3 is 5.97 Å². The summed E-state index contributed by atoms with van der Waals surface area (Å²) in [6.45, 7) is 0. The molecule has 0 heterocycles. The van der Waals surface area contributed by atoms with Crippen LogP contribution < -0.4 is 0 Å². The summed E-state index contributed by atoms with van der Waals surface area (Å²) >= 11 is 0. The van der Waals surface area contributed by atoms with Crippen molar-refractivity contribution in [2.75, 3.05) is 7.11 Å². The van der Waals surface area contributed by atoms with Gasteiger partial charge in [0, 0.05) is 0 Å². The Balaban J connectivity index is 2.26. The Hall–Kier alpha value is -1.51. The Kier molecular flexibility index (Phi) is 2.62. The molecule has 1 N–H and O–H groups in total. The molecule has 1 aliphatic carbocycles. The van der Waals surface area contributed by atoms with Crippen LogP contribution in [0.25, 0.3) is 0 Å². The van der Waals surface area contributed by atoms with Crippen LogP contribution in [0.3, 0.4) is 0 Å². The molecule has 1 aromatic carbocycles. The Morgan fingerprint density at radius 3 is 3.07 bits per heavy atom. The molecule has 0 spiro atoms. The van der Waals surface area contributed by atoms with E-state index in [0.717, 1.165) is 24.0 Å². The van der Waals surface area contributed by atoms with E-state index in [2.05, 4.69) is 0 Å². The fraction of sp³-hybridized carbons (Fsp3) is 0.417.